The lowest BCUT2D eigenvalue weighted by atomic mass is 10.2. The quantitative estimate of drug-likeness (QED) is 0.725. The smallest absolute Gasteiger partial charge is 0.226 e. The second-order valence-corrected chi connectivity index (χ2v) is 6.83. The molecule has 4 nitrogen and oxygen atoms in total. The van der Waals surface area contributed by atoms with Crippen molar-refractivity contribution in [2.45, 2.75) is 26.2 Å². The molecule has 0 aliphatic heterocycles. The zero-order valence-electron chi connectivity index (χ0n) is 12.1. The van der Waals surface area contributed by atoms with Crippen LogP contribution in [0.2, 0.25) is 0 Å². The molecule has 0 saturated heterocycles. The van der Waals surface area contributed by atoms with Gasteiger partial charge in [0, 0.05) is 21.8 Å². The zero-order chi connectivity index (χ0) is 15.9. The fraction of sp³-hybridized carbons (Fsp3) is 0.267. The van der Waals surface area contributed by atoms with Crippen LogP contribution in [-0.4, -0.2) is 16.0 Å². The fourth-order valence-corrected chi connectivity index (χ4v) is 3.00. The van der Waals surface area contributed by atoms with E-state index in [1.54, 1.807) is 0 Å². The number of hydrogen-bond donors (Lipinski definition) is 2. The minimum absolute atomic E-state index is 0.0657. The molecule has 116 valence electrons. The van der Waals surface area contributed by atoms with Gasteiger partial charge in [0.25, 0.3) is 0 Å². The maximum absolute atomic E-state index is 11.6. The monoisotopic (exact) mass is 397 g/mol. The highest BCUT2D eigenvalue weighted by Crippen LogP contribution is 2.25. The van der Waals surface area contributed by atoms with Crippen LogP contribution in [0.25, 0.3) is 11.3 Å². The first-order valence-corrected chi connectivity index (χ1v) is 8.99. The van der Waals surface area contributed by atoms with Crippen molar-refractivity contribution in [1.29, 1.82) is 0 Å². The molecule has 0 fully saturated rings. The van der Waals surface area contributed by atoms with Crippen LogP contribution in [-0.2, 0) is 4.79 Å². The molecule has 2 rings (SSSR count). The third-order valence-electron chi connectivity index (χ3n) is 2.87. The summed E-state index contributed by atoms with van der Waals surface area (Å²) >= 11 is 9.98. The standard InChI is InChI=1S/C15H16BrN3OS2/c1-2-3-4-13(20)18-14(21)19-15-17-12(9-22-15)10-5-7-11(16)8-6-10/h5-9H,2-4H2,1H3,(H2,17,18,19,20,21). The van der Waals surface area contributed by atoms with Gasteiger partial charge in [0.05, 0.1) is 5.69 Å². The number of benzene rings is 1. The van der Waals surface area contributed by atoms with E-state index in [1.807, 2.05) is 36.6 Å². The molecule has 0 radical (unpaired) electrons. The number of aromatic nitrogens is 1. The Morgan fingerprint density at radius 1 is 1.36 bits per heavy atom. The Balaban J connectivity index is 1.93. The van der Waals surface area contributed by atoms with Gasteiger partial charge in [0.2, 0.25) is 5.91 Å². The highest BCUT2D eigenvalue weighted by Gasteiger charge is 2.08. The van der Waals surface area contributed by atoms with E-state index in [0.29, 0.717) is 11.6 Å². The van der Waals surface area contributed by atoms with E-state index < -0.39 is 0 Å². The van der Waals surface area contributed by atoms with Crippen molar-refractivity contribution in [3.05, 3.63) is 34.1 Å². The molecule has 0 unspecified atom stereocenters. The molecule has 0 spiro atoms. The molecule has 0 aliphatic carbocycles. The first-order chi connectivity index (χ1) is 10.6. The van der Waals surface area contributed by atoms with E-state index in [-0.39, 0.29) is 11.0 Å². The molecule has 1 aromatic heterocycles. The Labute approximate surface area is 147 Å². The van der Waals surface area contributed by atoms with Crippen molar-refractivity contribution in [3.8, 4) is 11.3 Å². The molecule has 7 heteroatoms. The first kappa shape index (κ1) is 17.1. The summed E-state index contributed by atoms with van der Waals surface area (Å²) in [5.74, 6) is -0.0657. The Hall–Kier alpha value is -1.31. The number of hydrogen-bond acceptors (Lipinski definition) is 4. The van der Waals surface area contributed by atoms with Gasteiger partial charge in [-0.3, -0.25) is 4.79 Å². The van der Waals surface area contributed by atoms with Crippen LogP contribution < -0.4 is 10.6 Å². The minimum Gasteiger partial charge on any atom is -0.308 e. The Morgan fingerprint density at radius 2 is 2.09 bits per heavy atom. The van der Waals surface area contributed by atoms with E-state index in [9.17, 15) is 4.79 Å². The lowest BCUT2D eigenvalue weighted by Crippen LogP contribution is -2.33. The number of unbranched alkanes of at least 4 members (excludes halogenated alkanes) is 1. The van der Waals surface area contributed by atoms with Gasteiger partial charge >= 0.3 is 0 Å². The maximum atomic E-state index is 11.6. The van der Waals surface area contributed by atoms with Crippen molar-refractivity contribution in [3.63, 3.8) is 0 Å². The van der Waals surface area contributed by atoms with Crippen molar-refractivity contribution in [1.82, 2.24) is 10.3 Å². The predicted octanol–water partition coefficient (Wildman–Crippen LogP) is 4.58. The number of amides is 1. The molecule has 1 heterocycles. The zero-order valence-corrected chi connectivity index (χ0v) is 15.3. The molecule has 1 aromatic carbocycles. The number of thiocarbonyl (C=S) groups is 1. The Bertz CT molecular complexity index is 655. The number of thiazole rings is 1. The average Bonchev–Trinajstić information content (AvgIpc) is 2.94. The van der Waals surface area contributed by atoms with E-state index in [4.69, 9.17) is 12.2 Å². The van der Waals surface area contributed by atoms with Crippen molar-refractivity contribution in [2.75, 3.05) is 5.32 Å². The van der Waals surface area contributed by atoms with Crippen LogP contribution >= 0.6 is 39.5 Å². The van der Waals surface area contributed by atoms with E-state index in [0.717, 1.165) is 28.6 Å². The number of anilines is 1. The SMILES string of the molecule is CCCCC(=O)NC(=S)Nc1nc(-c2ccc(Br)cc2)cs1. The third kappa shape index (κ3) is 5.15. The van der Waals surface area contributed by atoms with Crippen LogP contribution in [0, 0.1) is 0 Å². The highest BCUT2D eigenvalue weighted by atomic mass is 79.9. The third-order valence-corrected chi connectivity index (χ3v) is 4.37. The van der Waals surface area contributed by atoms with E-state index in [1.165, 1.54) is 11.3 Å². The lowest BCUT2D eigenvalue weighted by molar-refractivity contribution is -0.119. The van der Waals surface area contributed by atoms with Gasteiger partial charge in [0.1, 0.15) is 0 Å². The lowest BCUT2D eigenvalue weighted by Gasteiger charge is -2.06. The number of rotatable bonds is 5. The average molecular weight is 398 g/mol. The van der Waals surface area contributed by atoms with Gasteiger partial charge in [-0.2, -0.15) is 0 Å². The molecular weight excluding hydrogens is 382 g/mol. The molecule has 0 aliphatic rings. The first-order valence-electron chi connectivity index (χ1n) is 6.90. The second-order valence-electron chi connectivity index (χ2n) is 4.65. The summed E-state index contributed by atoms with van der Waals surface area (Å²) in [4.78, 5) is 16.1. The molecule has 1 amide bonds. The van der Waals surface area contributed by atoms with Gasteiger partial charge in [-0.15, -0.1) is 11.3 Å². The van der Waals surface area contributed by atoms with Crippen LogP contribution in [0.3, 0.4) is 0 Å². The summed E-state index contributed by atoms with van der Waals surface area (Å²) in [7, 11) is 0. The fourth-order valence-electron chi connectivity index (χ4n) is 1.74. The van der Waals surface area contributed by atoms with Crippen LogP contribution in [0.4, 0.5) is 5.13 Å². The number of halogens is 1. The highest BCUT2D eigenvalue weighted by molar-refractivity contribution is 9.10. The number of carbonyl (C=O) groups is 1. The van der Waals surface area contributed by atoms with Gasteiger partial charge in [-0.25, -0.2) is 4.98 Å². The summed E-state index contributed by atoms with van der Waals surface area (Å²) in [6, 6.07) is 7.93. The second kappa shape index (κ2) is 8.36. The van der Waals surface area contributed by atoms with Crippen molar-refractivity contribution < 1.29 is 4.79 Å². The number of nitrogens with one attached hydrogen (secondary N) is 2. The van der Waals surface area contributed by atoms with Crippen molar-refractivity contribution in [2.24, 2.45) is 0 Å². The topological polar surface area (TPSA) is 54.0 Å². The van der Waals surface area contributed by atoms with E-state index in [2.05, 4.69) is 31.5 Å². The van der Waals surface area contributed by atoms with Crippen LogP contribution in [0.1, 0.15) is 26.2 Å². The summed E-state index contributed by atoms with van der Waals surface area (Å²) in [6.07, 6.45) is 2.33. The summed E-state index contributed by atoms with van der Waals surface area (Å²) < 4.78 is 1.03. The molecule has 2 N–H and O–H groups in total. The van der Waals surface area contributed by atoms with Crippen LogP contribution in [0.5, 0.6) is 0 Å². The van der Waals surface area contributed by atoms with E-state index >= 15 is 0 Å². The predicted molar refractivity (Wildman–Crippen MR) is 99.1 cm³/mol. The maximum Gasteiger partial charge on any atom is 0.226 e. The van der Waals surface area contributed by atoms with Gasteiger partial charge in [0.15, 0.2) is 10.2 Å². The van der Waals surface area contributed by atoms with Crippen LogP contribution in [0.15, 0.2) is 34.1 Å². The summed E-state index contributed by atoms with van der Waals surface area (Å²) in [5, 5.41) is 8.52. The molecule has 22 heavy (non-hydrogen) atoms. The Kier molecular flexibility index (Phi) is 6.48. The largest absolute Gasteiger partial charge is 0.308 e. The minimum atomic E-state index is -0.0657. The van der Waals surface area contributed by atoms with Gasteiger partial charge < -0.3 is 10.6 Å². The molecule has 2 aromatic rings. The van der Waals surface area contributed by atoms with Crippen molar-refractivity contribution >= 4 is 55.6 Å². The molecule has 0 atom stereocenters. The Morgan fingerprint density at radius 3 is 2.77 bits per heavy atom. The molecule has 0 bridgehead atoms. The molecular formula is C15H16BrN3OS2. The summed E-state index contributed by atoms with van der Waals surface area (Å²) in [5.41, 5.74) is 1.91. The normalized spacial score (nSPS) is 10.3. The van der Waals surface area contributed by atoms with Gasteiger partial charge in [-0.1, -0.05) is 41.4 Å². The number of carbonyl (C=O) groups excluding carboxylic acids is 1. The summed E-state index contributed by atoms with van der Waals surface area (Å²) in [6.45, 7) is 2.04. The molecule has 0 saturated carbocycles. The number of nitrogens with zero attached hydrogens (tertiary/aromatic N) is 1. The van der Waals surface area contributed by atoms with Gasteiger partial charge in [-0.05, 0) is 30.8 Å².